The molecule has 148 valence electrons. The van der Waals surface area contributed by atoms with Gasteiger partial charge in [-0.15, -0.1) is 0 Å². The highest BCUT2D eigenvalue weighted by atomic mass is 16.2. The molecule has 2 aromatic heterocycles. The molecule has 2 saturated heterocycles. The van der Waals surface area contributed by atoms with Crippen molar-refractivity contribution in [2.75, 3.05) is 26.2 Å². The van der Waals surface area contributed by atoms with Crippen LogP contribution >= 0.6 is 0 Å². The molecule has 2 fully saturated rings. The van der Waals surface area contributed by atoms with Crippen molar-refractivity contribution in [3.8, 4) is 0 Å². The zero-order valence-electron chi connectivity index (χ0n) is 15.7. The number of carbonyl (C=O) groups excluding carboxylic acids is 2. The van der Waals surface area contributed by atoms with E-state index in [1.54, 1.807) is 12.5 Å². The first-order valence-electron chi connectivity index (χ1n) is 9.64. The highest BCUT2D eigenvalue weighted by Crippen LogP contribution is 2.39. The summed E-state index contributed by atoms with van der Waals surface area (Å²) in [6, 6.07) is 0. The molecule has 1 unspecified atom stereocenters. The number of piperidine rings is 2. The Morgan fingerprint density at radius 1 is 1.18 bits per heavy atom. The summed E-state index contributed by atoms with van der Waals surface area (Å²) < 4.78 is 0. The van der Waals surface area contributed by atoms with E-state index in [0.29, 0.717) is 32.6 Å². The zero-order chi connectivity index (χ0) is 19.6. The molecule has 4 rings (SSSR count). The minimum atomic E-state index is -0.328. The van der Waals surface area contributed by atoms with Crippen LogP contribution in [0.4, 0.5) is 0 Å². The predicted octanol–water partition coefficient (Wildman–Crippen LogP) is 0.581. The number of nitrogens with one attached hydrogen (secondary N) is 2. The molecule has 2 aliphatic heterocycles. The first-order valence-corrected chi connectivity index (χ1v) is 9.64. The number of H-pyrrole nitrogens is 2. The van der Waals surface area contributed by atoms with Crippen molar-refractivity contribution in [3.63, 3.8) is 0 Å². The van der Waals surface area contributed by atoms with Gasteiger partial charge in [0, 0.05) is 62.5 Å². The monoisotopic (exact) mass is 384 g/mol. The van der Waals surface area contributed by atoms with E-state index in [0.717, 1.165) is 37.6 Å². The van der Waals surface area contributed by atoms with E-state index in [1.807, 2.05) is 9.80 Å². The first kappa shape index (κ1) is 18.4. The summed E-state index contributed by atoms with van der Waals surface area (Å²) in [4.78, 5) is 53.7. The number of hydrogen-bond donors (Lipinski definition) is 2. The van der Waals surface area contributed by atoms with Gasteiger partial charge in [-0.3, -0.25) is 14.4 Å². The van der Waals surface area contributed by atoms with Gasteiger partial charge in [-0.05, 0) is 19.3 Å². The lowest BCUT2D eigenvalue weighted by molar-refractivity contribution is -0.138. The van der Waals surface area contributed by atoms with E-state index in [4.69, 9.17) is 0 Å². The summed E-state index contributed by atoms with van der Waals surface area (Å²) in [7, 11) is 0. The third-order valence-corrected chi connectivity index (χ3v) is 5.79. The average molecular weight is 384 g/mol. The van der Waals surface area contributed by atoms with Gasteiger partial charge >= 0.3 is 0 Å². The van der Waals surface area contributed by atoms with Crippen molar-refractivity contribution < 1.29 is 9.59 Å². The molecular formula is C19H24N6O3. The highest BCUT2D eigenvalue weighted by molar-refractivity contribution is 5.92. The van der Waals surface area contributed by atoms with Crippen molar-refractivity contribution in [2.45, 2.75) is 32.1 Å². The summed E-state index contributed by atoms with van der Waals surface area (Å²) in [6.45, 7) is 2.60. The van der Waals surface area contributed by atoms with Gasteiger partial charge in [0.05, 0.1) is 12.5 Å². The van der Waals surface area contributed by atoms with E-state index in [2.05, 4.69) is 19.9 Å². The molecule has 2 amide bonds. The van der Waals surface area contributed by atoms with Crippen LogP contribution < -0.4 is 5.56 Å². The van der Waals surface area contributed by atoms with Crippen LogP contribution in [0, 0.1) is 5.41 Å². The lowest BCUT2D eigenvalue weighted by Crippen LogP contribution is -2.55. The molecule has 0 saturated carbocycles. The molecule has 2 aromatic rings. The molecule has 2 aliphatic rings. The fraction of sp³-hybridized carbons (Fsp3) is 0.526. The Kier molecular flexibility index (Phi) is 4.97. The van der Waals surface area contributed by atoms with Crippen molar-refractivity contribution in [1.82, 2.24) is 29.7 Å². The predicted molar refractivity (Wildman–Crippen MR) is 101 cm³/mol. The number of carbonyl (C=O) groups is 2. The molecule has 0 radical (unpaired) electrons. The van der Waals surface area contributed by atoms with Crippen LogP contribution in [0.1, 0.15) is 41.9 Å². The number of hydrogen-bond acceptors (Lipinski definition) is 5. The molecule has 0 aromatic carbocycles. The number of nitrogens with zero attached hydrogens (tertiary/aromatic N) is 4. The topological polar surface area (TPSA) is 115 Å². The first-order chi connectivity index (χ1) is 13.5. The lowest BCUT2D eigenvalue weighted by atomic mass is 9.73. The number of imidazole rings is 1. The van der Waals surface area contributed by atoms with E-state index < -0.39 is 0 Å². The smallest absolute Gasteiger partial charge is 0.273 e. The third-order valence-electron chi connectivity index (χ3n) is 5.79. The van der Waals surface area contributed by atoms with Crippen LogP contribution in [0.15, 0.2) is 29.7 Å². The largest absolute Gasteiger partial charge is 0.348 e. The van der Waals surface area contributed by atoms with E-state index >= 15 is 0 Å². The van der Waals surface area contributed by atoms with Gasteiger partial charge in [0.25, 0.3) is 11.5 Å². The molecule has 0 bridgehead atoms. The summed E-state index contributed by atoms with van der Waals surface area (Å²) in [6.07, 6.45) is 9.88. The number of aromatic amines is 2. The van der Waals surface area contributed by atoms with Crippen LogP contribution in [0.3, 0.4) is 0 Å². The molecule has 1 atom stereocenters. The van der Waals surface area contributed by atoms with Crippen LogP contribution in [0.5, 0.6) is 0 Å². The molecule has 28 heavy (non-hydrogen) atoms. The fourth-order valence-electron chi connectivity index (χ4n) is 4.32. The highest BCUT2D eigenvalue weighted by Gasteiger charge is 2.42. The Balaban J connectivity index is 1.44. The minimum absolute atomic E-state index is 0.0714. The average Bonchev–Trinajstić information content (AvgIpc) is 3.23. The van der Waals surface area contributed by atoms with Crippen molar-refractivity contribution in [2.24, 2.45) is 5.41 Å². The van der Waals surface area contributed by atoms with E-state index in [-0.39, 0.29) is 28.5 Å². The third kappa shape index (κ3) is 3.83. The molecule has 1 spiro atoms. The maximum Gasteiger partial charge on any atom is 0.273 e. The quantitative estimate of drug-likeness (QED) is 0.800. The number of rotatable bonds is 4. The van der Waals surface area contributed by atoms with Crippen LogP contribution in [0.25, 0.3) is 0 Å². The molecule has 0 aliphatic carbocycles. The minimum Gasteiger partial charge on any atom is -0.348 e. The normalized spacial score (nSPS) is 22.6. The van der Waals surface area contributed by atoms with Gasteiger partial charge in [0.2, 0.25) is 5.91 Å². The van der Waals surface area contributed by atoms with Crippen LogP contribution in [0.2, 0.25) is 0 Å². The number of likely N-dealkylation sites (tertiary alicyclic amines) is 2. The van der Waals surface area contributed by atoms with Crippen LogP contribution in [-0.4, -0.2) is 67.7 Å². The van der Waals surface area contributed by atoms with Crippen molar-refractivity contribution in [1.29, 1.82) is 0 Å². The fourth-order valence-corrected chi connectivity index (χ4v) is 4.32. The summed E-state index contributed by atoms with van der Waals surface area (Å²) in [5.41, 5.74) is 0.861. The van der Waals surface area contributed by atoms with Gasteiger partial charge in [-0.1, -0.05) is 0 Å². The molecule has 4 heterocycles. The second-order valence-electron chi connectivity index (χ2n) is 7.77. The second kappa shape index (κ2) is 7.57. The van der Waals surface area contributed by atoms with Gasteiger partial charge < -0.3 is 19.8 Å². The van der Waals surface area contributed by atoms with Gasteiger partial charge in [0.1, 0.15) is 5.69 Å². The molecule has 2 N–H and O–H groups in total. The van der Waals surface area contributed by atoms with Gasteiger partial charge in [-0.2, -0.15) is 0 Å². The van der Waals surface area contributed by atoms with E-state index in [9.17, 15) is 14.4 Å². The molecule has 9 nitrogen and oxygen atoms in total. The van der Waals surface area contributed by atoms with Crippen molar-refractivity contribution >= 4 is 11.8 Å². The number of amides is 2. The van der Waals surface area contributed by atoms with Crippen LogP contribution in [-0.2, 0) is 11.2 Å². The maximum absolute atomic E-state index is 12.8. The van der Waals surface area contributed by atoms with Crippen molar-refractivity contribution in [3.05, 3.63) is 46.7 Å². The second-order valence-corrected chi connectivity index (χ2v) is 7.77. The van der Waals surface area contributed by atoms with E-state index in [1.165, 1.54) is 6.20 Å². The zero-order valence-corrected chi connectivity index (χ0v) is 15.7. The summed E-state index contributed by atoms with van der Waals surface area (Å²) in [5.74, 6) is 0.00660. The Hall–Kier alpha value is -2.97. The Morgan fingerprint density at radius 2 is 2.07 bits per heavy atom. The Bertz CT molecular complexity index is 888. The number of aromatic nitrogens is 4. The maximum atomic E-state index is 12.8. The molecule has 9 heteroatoms. The SMILES string of the molecule is O=C1CCC2(CCCN(C(=O)c3c[nH]c(=O)cn3)C2)CN1CCc1cnc[nH]1. The summed E-state index contributed by atoms with van der Waals surface area (Å²) in [5, 5.41) is 0. The molecular weight excluding hydrogens is 360 g/mol. The Morgan fingerprint density at radius 3 is 2.82 bits per heavy atom. The Labute approximate surface area is 162 Å². The lowest BCUT2D eigenvalue weighted by Gasteiger charge is -2.48. The standard InChI is InChI=1S/C19H24N6O3/c26-16-10-21-15(9-22-16)18(28)25-6-1-4-19(12-25)5-2-17(27)24(11-19)7-3-14-8-20-13-23-14/h8-10,13H,1-7,11-12H2,(H,20,23)(H,22,26). The van der Waals surface area contributed by atoms with Gasteiger partial charge in [0.15, 0.2) is 0 Å². The van der Waals surface area contributed by atoms with Gasteiger partial charge in [-0.25, -0.2) is 9.97 Å². The summed E-state index contributed by atoms with van der Waals surface area (Å²) >= 11 is 0.